The molecule has 0 radical (unpaired) electrons. The van der Waals surface area contributed by atoms with Crippen LogP contribution in [0.4, 0.5) is 21.9 Å². The molecule has 5 rings (SSSR count). The number of carbonyl (C=O) groups excluding carboxylic acids is 4. The summed E-state index contributed by atoms with van der Waals surface area (Å²) in [5, 5.41) is 2.75. The van der Waals surface area contributed by atoms with Crippen LogP contribution in [0.5, 0.6) is 17.2 Å². The number of carbonyl (C=O) groups is 4. The summed E-state index contributed by atoms with van der Waals surface area (Å²) < 4.78 is 17.2. The van der Waals surface area contributed by atoms with Crippen LogP contribution in [0.25, 0.3) is 6.08 Å². The fraction of sp³-hybridized carbons (Fsp3) is 0.118. The first-order valence-corrected chi connectivity index (χ1v) is 14.7. The Labute approximate surface area is 267 Å². The molecular weight excluding hydrogens is 642 g/mol. The highest BCUT2D eigenvalue weighted by molar-refractivity contribution is 9.10. The molecule has 4 aromatic carbocycles. The molecule has 0 spiro atoms. The van der Waals surface area contributed by atoms with Crippen LogP contribution in [0.15, 0.2) is 107 Å². The molecule has 0 aliphatic carbocycles. The van der Waals surface area contributed by atoms with Crippen molar-refractivity contribution in [1.29, 1.82) is 0 Å². The van der Waals surface area contributed by atoms with Crippen molar-refractivity contribution in [2.45, 2.75) is 6.92 Å². The van der Waals surface area contributed by atoms with Crippen LogP contribution in [0.3, 0.4) is 0 Å². The molecule has 10 nitrogen and oxygen atoms in total. The van der Waals surface area contributed by atoms with Crippen molar-refractivity contribution in [3.8, 4) is 17.2 Å². The van der Waals surface area contributed by atoms with E-state index in [0.717, 1.165) is 9.80 Å². The van der Waals surface area contributed by atoms with Gasteiger partial charge in [0.15, 0.2) is 18.1 Å². The predicted molar refractivity (Wildman–Crippen MR) is 174 cm³/mol. The molecule has 1 fully saturated rings. The monoisotopic (exact) mass is 669 g/mol. The molecule has 11 heteroatoms. The Morgan fingerprint density at radius 1 is 0.822 bits per heavy atom. The lowest BCUT2D eigenvalue weighted by Crippen LogP contribution is -2.57. The number of para-hydroxylation sites is 2. The zero-order valence-corrected chi connectivity index (χ0v) is 25.9. The fourth-order valence-corrected chi connectivity index (χ4v) is 5.16. The first kappa shape index (κ1) is 31.0. The summed E-state index contributed by atoms with van der Waals surface area (Å²) in [4.78, 5) is 55.5. The summed E-state index contributed by atoms with van der Waals surface area (Å²) in [7, 11) is 1.56. The lowest BCUT2D eigenvalue weighted by molar-refractivity contribution is -0.121. The van der Waals surface area contributed by atoms with Crippen LogP contribution in [0.1, 0.15) is 12.5 Å². The third-order valence-corrected chi connectivity index (χ3v) is 7.23. The quantitative estimate of drug-likeness (QED) is 0.152. The van der Waals surface area contributed by atoms with Crippen LogP contribution in [-0.2, 0) is 14.4 Å². The van der Waals surface area contributed by atoms with Gasteiger partial charge >= 0.3 is 6.03 Å². The third-order valence-electron chi connectivity index (χ3n) is 6.64. The molecule has 228 valence electrons. The van der Waals surface area contributed by atoms with Gasteiger partial charge < -0.3 is 19.5 Å². The average Bonchev–Trinajstić information content (AvgIpc) is 3.04. The Bertz CT molecular complexity index is 1700. The molecule has 1 N–H and O–H groups in total. The molecule has 0 saturated carbocycles. The van der Waals surface area contributed by atoms with E-state index in [1.165, 1.54) is 6.08 Å². The molecule has 4 aromatic rings. The van der Waals surface area contributed by atoms with Gasteiger partial charge in [0.05, 0.1) is 29.6 Å². The number of benzene rings is 4. The van der Waals surface area contributed by atoms with E-state index < -0.39 is 23.8 Å². The molecule has 0 unspecified atom stereocenters. The molecule has 1 heterocycles. The number of nitrogens with zero attached hydrogens (tertiary/aromatic N) is 2. The summed E-state index contributed by atoms with van der Waals surface area (Å²) in [6, 6.07) is 26.1. The number of nitrogens with one attached hydrogen (secondary N) is 1. The van der Waals surface area contributed by atoms with Crippen molar-refractivity contribution in [3.05, 3.63) is 113 Å². The number of methoxy groups -OCH3 is 1. The van der Waals surface area contributed by atoms with Crippen molar-refractivity contribution in [3.63, 3.8) is 0 Å². The number of ether oxygens (including phenoxy) is 3. The average molecular weight is 671 g/mol. The largest absolute Gasteiger partial charge is 0.497 e. The molecule has 0 aromatic heterocycles. The van der Waals surface area contributed by atoms with E-state index in [2.05, 4.69) is 21.2 Å². The van der Waals surface area contributed by atoms with Crippen LogP contribution >= 0.6 is 15.9 Å². The van der Waals surface area contributed by atoms with Gasteiger partial charge in [-0.05, 0) is 95.2 Å². The van der Waals surface area contributed by atoms with Crippen molar-refractivity contribution in [2.24, 2.45) is 0 Å². The molecular formula is C34H28BrN3O7. The molecule has 1 aliphatic rings. The van der Waals surface area contributed by atoms with E-state index >= 15 is 0 Å². The summed E-state index contributed by atoms with van der Waals surface area (Å²) >= 11 is 3.48. The lowest BCUT2D eigenvalue weighted by Gasteiger charge is -2.34. The smallest absolute Gasteiger partial charge is 0.343 e. The second-order valence-electron chi connectivity index (χ2n) is 9.62. The minimum atomic E-state index is -0.785. The number of hydrogen-bond acceptors (Lipinski definition) is 7. The van der Waals surface area contributed by atoms with Gasteiger partial charge in [0.25, 0.3) is 17.7 Å². The molecule has 5 amide bonds. The van der Waals surface area contributed by atoms with Gasteiger partial charge in [-0.1, -0.05) is 36.4 Å². The van der Waals surface area contributed by atoms with Gasteiger partial charge in [-0.2, -0.15) is 0 Å². The maximum absolute atomic E-state index is 13.7. The molecule has 1 saturated heterocycles. The van der Waals surface area contributed by atoms with Crippen molar-refractivity contribution >= 4 is 62.8 Å². The maximum Gasteiger partial charge on any atom is 0.343 e. The Morgan fingerprint density at radius 2 is 1.40 bits per heavy atom. The lowest BCUT2D eigenvalue weighted by atomic mass is 10.0. The number of anilines is 3. The van der Waals surface area contributed by atoms with E-state index in [9.17, 15) is 19.2 Å². The SMILES string of the molecule is CCOc1cc(C=C2C(=O)N(c3ccccc3)C(=O)N(c3ccccc3)C2=O)cc(Br)c1OCC(=O)Nc1ccc(OC)cc1. The molecule has 0 atom stereocenters. The van der Waals surface area contributed by atoms with Gasteiger partial charge in [0.2, 0.25) is 0 Å². The highest BCUT2D eigenvalue weighted by Crippen LogP contribution is 2.38. The number of barbiturate groups is 1. The van der Waals surface area contributed by atoms with Crippen LogP contribution in [-0.4, -0.2) is 44.1 Å². The van der Waals surface area contributed by atoms with Crippen LogP contribution in [0, 0.1) is 0 Å². The van der Waals surface area contributed by atoms with Crippen molar-refractivity contribution in [2.75, 3.05) is 35.4 Å². The van der Waals surface area contributed by atoms with Gasteiger partial charge in [-0.15, -0.1) is 0 Å². The highest BCUT2D eigenvalue weighted by atomic mass is 79.9. The second-order valence-corrected chi connectivity index (χ2v) is 10.5. The second kappa shape index (κ2) is 13.9. The highest BCUT2D eigenvalue weighted by Gasteiger charge is 2.43. The standard InChI is InChI=1S/C34H28BrN3O7/c1-3-44-29-20-22(19-28(35)31(29)45-21-30(39)36-23-14-16-26(43-2)17-15-23)18-27-32(40)37(24-10-6-4-7-11-24)34(42)38(33(27)41)25-12-8-5-9-13-25/h4-20H,3,21H2,1-2H3,(H,36,39). The number of imide groups is 2. The zero-order chi connectivity index (χ0) is 31.9. The third kappa shape index (κ3) is 6.89. The summed E-state index contributed by atoms with van der Waals surface area (Å²) in [6.07, 6.45) is 1.40. The van der Waals surface area contributed by atoms with Crippen LogP contribution in [0.2, 0.25) is 0 Å². The zero-order valence-electron chi connectivity index (χ0n) is 24.4. The Morgan fingerprint density at radius 3 is 1.93 bits per heavy atom. The van der Waals surface area contributed by atoms with Gasteiger partial charge in [0, 0.05) is 5.69 Å². The van der Waals surface area contributed by atoms with Crippen LogP contribution < -0.4 is 29.3 Å². The van der Waals surface area contributed by atoms with E-state index in [-0.39, 0.29) is 30.3 Å². The summed E-state index contributed by atoms with van der Waals surface area (Å²) in [6.45, 7) is 1.74. The Hall–Kier alpha value is -5.42. The van der Waals surface area contributed by atoms with Gasteiger partial charge in [0.1, 0.15) is 11.3 Å². The number of urea groups is 1. The maximum atomic E-state index is 13.7. The van der Waals surface area contributed by atoms with Crippen molar-refractivity contribution < 1.29 is 33.4 Å². The van der Waals surface area contributed by atoms with E-state index in [1.54, 1.807) is 111 Å². The number of hydrogen-bond donors (Lipinski definition) is 1. The predicted octanol–water partition coefficient (Wildman–Crippen LogP) is 6.46. The molecule has 45 heavy (non-hydrogen) atoms. The fourth-order valence-electron chi connectivity index (χ4n) is 4.59. The summed E-state index contributed by atoms with van der Waals surface area (Å²) in [5.74, 6) is -0.736. The Balaban J connectivity index is 1.45. The number of halogens is 1. The van der Waals surface area contributed by atoms with Crippen molar-refractivity contribution in [1.82, 2.24) is 0 Å². The molecule has 0 bridgehead atoms. The minimum absolute atomic E-state index is 0.232. The normalized spacial score (nSPS) is 13.0. The first-order chi connectivity index (χ1) is 21.8. The first-order valence-electron chi connectivity index (χ1n) is 13.9. The number of amides is 5. The Kier molecular flexibility index (Phi) is 9.59. The minimum Gasteiger partial charge on any atom is -0.497 e. The molecule has 1 aliphatic heterocycles. The van der Waals surface area contributed by atoms with E-state index in [1.807, 2.05) is 0 Å². The number of rotatable bonds is 10. The van der Waals surface area contributed by atoms with Gasteiger partial charge in [-0.3, -0.25) is 14.4 Å². The van der Waals surface area contributed by atoms with Gasteiger partial charge in [-0.25, -0.2) is 14.6 Å². The van der Waals surface area contributed by atoms with E-state index in [4.69, 9.17) is 14.2 Å². The topological polar surface area (TPSA) is 114 Å². The van der Waals surface area contributed by atoms with E-state index in [0.29, 0.717) is 32.8 Å². The summed E-state index contributed by atoms with van der Waals surface area (Å²) in [5.41, 5.74) is 1.40.